The molecular weight excluding hydrogens is 244 g/mol. The van der Waals surface area contributed by atoms with Gasteiger partial charge in [-0.1, -0.05) is 18.2 Å². The minimum absolute atomic E-state index is 0.219. The highest BCUT2D eigenvalue weighted by Crippen LogP contribution is 2.05. The van der Waals surface area contributed by atoms with Gasteiger partial charge in [0.25, 0.3) is 10.0 Å². The lowest BCUT2D eigenvalue weighted by Crippen LogP contribution is -2.30. The molecule has 0 saturated heterocycles. The van der Waals surface area contributed by atoms with Gasteiger partial charge in [0.15, 0.2) is 0 Å². The van der Waals surface area contributed by atoms with Crippen LogP contribution >= 0.6 is 16.1 Å². The molecule has 0 fully saturated rings. The highest BCUT2D eigenvalue weighted by molar-refractivity contribution is 9.08. The first-order chi connectivity index (χ1) is 5.67. The fourth-order valence-corrected chi connectivity index (χ4v) is 2.08. The van der Waals surface area contributed by atoms with Crippen molar-refractivity contribution in [1.29, 1.82) is 0 Å². The fourth-order valence-electron chi connectivity index (χ4n) is 0.709. The summed E-state index contributed by atoms with van der Waals surface area (Å²) in [6.07, 6.45) is 0. The summed E-state index contributed by atoms with van der Waals surface area (Å²) < 4.78 is 24.6. The van der Waals surface area contributed by atoms with Crippen LogP contribution in [-0.4, -0.2) is 8.42 Å². The molecule has 1 aromatic rings. The Hall–Kier alpha value is -0.430. The molecule has 66 valence electrons. The van der Waals surface area contributed by atoms with Crippen molar-refractivity contribution in [2.45, 2.75) is 4.90 Å². The molecule has 0 aliphatic carbocycles. The zero-order valence-electron chi connectivity index (χ0n) is 5.99. The molecule has 0 aliphatic heterocycles. The lowest BCUT2D eigenvalue weighted by molar-refractivity contribution is 0.581. The van der Waals surface area contributed by atoms with Crippen LogP contribution in [0.25, 0.3) is 0 Å². The summed E-state index contributed by atoms with van der Waals surface area (Å²) in [4.78, 5) is 2.30. The highest BCUT2D eigenvalue weighted by atomic mass is 79.9. The summed E-state index contributed by atoms with van der Waals surface area (Å²) in [5.74, 6) is 0. The molecule has 4 nitrogen and oxygen atoms in total. The summed E-state index contributed by atoms with van der Waals surface area (Å²) in [7, 11) is -3.42. The van der Waals surface area contributed by atoms with Crippen molar-refractivity contribution in [1.82, 2.24) is 9.28 Å². The van der Waals surface area contributed by atoms with Gasteiger partial charge in [-0.2, -0.15) is 4.45 Å². The second kappa shape index (κ2) is 3.99. The maximum absolute atomic E-state index is 11.2. The van der Waals surface area contributed by atoms with E-state index in [0.29, 0.717) is 0 Å². The van der Waals surface area contributed by atoms with Crippen molar-refractivity contribution in [3.63, 3.8) is 0 Å². The van der Waals surface area contributed by atoms with E-state index in [0.717, 1.165) is 0 Å². The topological polar surface area (TPSA) is 58.2 Å². The molecule has 0 unspecified atom stereocenters. The molecule has 0 saturated carbocycles. The van der Waals surface area contributed by atoms with Gasteiger partial charge in [-0.3, -0.25) is 0 Å². The Bertz CT molecular complexity index is 338. The molecule has 12 heavy (non-hydrogen) atoms. The molecule has 1 rings (SSSR count). The fraction of sp³-hybridized carbons (Fsp3) is 0. The third-order valence-corrected chi connectivity index (χ3v) is 2.95. The molecule has 0 aliphatic rings. The number of hydrogen-bond acceptors (Lipinski definition) is 3. The third-order valence-electron chi connectivity index (χ3n) is 1.23. The van der Waals surface area contributed by atoms with E-state index < -0.39 is 10.0 Å². The summed E-state index contributed by atoms with van der Waals surface area (Å²) in [5, 5.41) is 0. The van der Waals surface area contributed by atoms with Gasteiger partial charge in [0.2, 0.25) is 0 Å². The van der Waals surface area contributed by atoms with Gasteiger partial charge in [-0.25, -0.2) is 8.42 Å². The van der Waals surface area contributed by atoms with Crippen LogP contribution in [0.4, 0.5) is 0 Å². The first-order valence-corrected chi connectivity index (χ1v) is 5.37. The smallest absolute Gasteiger partial charge is 0.206 e. The zero-order valence-corrected chi connectivity index (χ0v) is 8.39. The van der Waals surface area contributed by atoms with Gasteiger partial charge in [0.1, 0.15) is 0 Å². The van der Waals surface area contributed by atoms with E-state index in [-0.39, 0.29) is 4.90 Å². The number of benzene rings is 1. The van der Waals surface area contributed by atoms with Crippen molar-refractivity contribution >= 4 is 26.2 Å². The predicted molar refractivity (Wildman–Crippen MR) is 48.8 cm³/mol. The average Bonchev–Trinajstić information content (AvgIpc) is 2.06. The average molecular weight is 251 g/mol. The second-order valence-corrected chi connectivity index (χ2v) is 4.09. The zero-order chi connectivity index (χ0) is 9.03. The van der Waals surface area contributed by atoms with Crippen LogP contribution < -0.4 is 9.28 Å². The van der Waals surface area contributed by atoms with E-state index in [1.165, 1.54) is 12.1 Å². The lowest BCUT2D eigenvalue weighted by atomic mass is 10.4. The first kappa shape index (κ1) is 9.66. The largest absolute Gasteiger partial charge is 0.253 e. The Morgan fingerprint density at radius 3 is 2.25 bits per heavy atom. The third kappa shape index (κ3) is 2.28. The summed E-state index contributed by atoms with van der Waals surface area (Å²) in [6, 6.07) is 8.07. The van der Waals surface area contributed by atoms with Gasteiger partial charge in [0, 0.05) is 16.1 Å². The highest BCUT2D eigenvalue weighted by Gasteiger charge is 2.10. The number of sulfonamides is 1. The monoisotopic (exact) mass is 250 g/mol. The van der Waals surface area contributed by atoms with Crippen molar-refractivity contribution in [2.24, 2.45) is 0 Å². The molecule has 0 radical (unpaired) electrons. The van der Waals surface area contributed by atoms with Gasteiger partial charge in [0.05, 0.1) is 4.90 Å². The van der Waals surface area contributed by atoms with Gasteiger partial charge < -0.3 is 0 Å². The van der Waals surface area contributed by atoms with Crippen molar-refractivity contribution in [3.05, 3.63) is 30.3 Å². The summed E-state index contributed by atoms with van der Waals surface area (Å²) in [6.45, 7) is 0. The number of rotatable bonds is 3. The Balaban J connectivity index is 2.99. The molecule has 1 aromatic carbocycles. The van der Waals surface area contributed by atoms with Crippen LogP contribution in [0.1, 0.15) is 0 Å². The van der Waals surface area contributed by atoms with E-state index in [4.69, 9.17) is 0 Å². The van der Waals surface area contributed by atoms with E-state index in [2.05, 4.69) is 25.4 Å². The molecule has 2 N–H and O–H groups in total. The van der Waals surface area contributed by atoms with Crippen LogP contribution in [0.15, 0.2) is 35.2 Å². The molecule has 0 heterocycles. The number of hydrogen-bond donors (Lipinski definition) is 2. The van der Waals surface area contributed by atoms with Crippen LogP contribution in [0.5, 0.6) is 0 Å². The van der Waals surface area contributed by atoms with Crippen molar-refractivity contribution in [3.8, 4) is 0 Å². The molecule has 0 amide bonds. The number of halogens is 1. The van der Waals surface area contributed by atoms with Crippen LogP contribution in [0, 0.1) is 0 Å². The summed E-state index contributed by atoms with van der Waals surface area (Å²) >= 11 is 2.74. The van der Waals surface area contributed by atoms with Crippen LogP contribution in [-0.2, 0) is 10.0 Å². The number of hydrazine groups is 1. The molecule has 0 spiro atoms. The van der Waals surface area contributed by atoms with Crippen LogP contribution in [0.3, 0.4) is 0 Å². The standard InChI is InChI=1S/C6H7BrN2O2S/c7-8-9-12(10,11)6-4-2-1-3-5-6/h1-5,8-9H. The lowest BCUT2D eigenvalue weighted by Gasteiger charge is -2.02. The molecular formula is C6H7BrN2O2S. The van der Waals surface area contributed by atoms with Gasteiger partial charge in [-0.05, 0) is 12.1 Å². The second-order valence-electron chi connectivity index (χ2n) is 2.01. The Morgan fingerprint density at radius 1 is 1.17 bits per heavy atom. The van der Waals surface area contributed by atoms with Crippen LogP contribution in [0.2, 0.25) is 0 Å². The van der Waals surface area contributed by atoms with Crippen molar-refractivity contribution in [2.75, 3.05) is 0 Å². The Morgan fingerprint density at radius 2 is 1.75 bits per heavy atom. The molecule has 0 aromatic heterocycles. The van der Waals surface area contributed by atoms with E-state index >= 15 is 0 Å². The van der Waals surface area contributed by atoms with Crippen molar-refractivity contribution < 1.29 is 8.42 Å². The maximum Gasteiger partial charge on any atom is 0.253 e. The van der Waals surface area contributed by atoms with E-state index in [1.54, 1.807) is 18.2 Å². The molecule has 0 atom stereocenters. The van der Waals surface area contributed by atoms with E-state index in [1.807, 2.05) is 0 Å². The van der Waals surface area contributed by atoms with Gasteiger partial charge in [-0.15, -0.1) is 4.83 Å². The number of nitrogens with one attached hydrogen (secondary N) is 2. The quantitative estimate of drug-likeness (QED) is 0.616. The maximum atomic E-state index is 11.2. The Labute approximate surface area is 79.3 Å². The van der Waals surface area contributed by atoms with E-state index in [9.17, 15) is 8.42 Å². The predicted octanol–water partition coefficient (Wildman–Crippen LogP) is 0.779. The van der Waals surface area contributed by atoms with Gasteiger partial charge >= 0.3 is 0 Å². The SMILES string of the molecule is O=S(=O)(NNBr)c1ccccc1. The Kier molecular flexibility index (Phi) is 3.21. The molecule has 6 heteroatoms. The molecule has 0 bridgehead atoms. The minimum atomic E-state index is -3.42. The minimum Gasteiger partial charge on any atom is -0.206 e. The first-order valence-electron chi connectivity index (χ1n) is 3.09. The summed E-state index contributed by atoms with van der Waals surface area (Å²) in [5.41, 5.74) is 0. The normalized spacial score (nSPS) is 11.4.